The highest BCUT2D eigenvalue weighted by Crippen LogP contribution is 2.27. The smallest absolute Gasteiger partial charge is 0.387 e. The van der Waals surface area contributed by atoms with Gasteiger partial charge in [0, 0.05) is 45.3 Å². The van der Waals surface area contributed by atoms with Crippen molar-refractivity contribution < 1.29 is 13.5 Å². The number of fused-ring (bicyclic) bond motifs is 1. The van der Waals surface area contributed by atoms with Gasteiger partial charge in [0.1, 0.15) is 23.0 Å². The van der Waals surface area contributed by atoms with Gasteiger partial charge in [-0.1, -0.05) is 12.1 Å². The molecule has 0 saturated carbocycles. The average Bonchev–Trinajstić information content (AvgIpc) is 2.77. The first kappa shape index (κ1) is 21.7. The maximum Gasteiger partial charge on any atom is 0.387 e. The Kier molecular flexibility index (Phi) is 6.06. The maximum atomic E-state index is 12.5. The summed E-state index contributed by atoms with van der Waals surface area (Å²) in [5, 5.41) is 9.26. The van der Waals surface area contributed by atoms with Gasteiger partial charge < -0.3 is 14.2 Å². The third kappa shape index (κ3) is 4.41. The number of rotatable bonds is 5. The van der Waals surface area contributed by atoms with Crippen LogP contribution in [0.15, 0.2) is 47.3 Å². The molecule has 9 heteroatoms. The standard InChI is InChI=1S/C23H23F2N5O2/c1-15-13-29(14-16-3-6-18(7-4-16)32-23(24)25)9-10-30(15)20-11-21(31)28(2)19-8-5-17(12-26)27-22(19)20/h3-8,11,15,23H,9-10,13-14H2,1-2H3/t15-/m0/s1. The number of pyridine rings is 2. The Labute approximate surface area is 184 Å². The molecule has 1 aliphatic heterocycles. The van der Waals surface area contributed by atoms with Crippen LogP contribution in [-0.4, -0.2) is 46.7 Å². The summed E-state index contributed by atoms with van der Waals surface area (Å²) in [7, 11) is 1.70. The van der Waals surface area contributed by atoms with Crippen molar-refractivity contribution in [1.82, 2.24) is 14.5 Å². The molecule has 0 radical (unpaired) electrons. The molecule has 32 heavy (non-hydrogen) atoms. The lowest BCUT2D eigenvalue weighted by molar-refractivity contribution is -0.0498. The molecule has 0 bridgehead atoms. The second-order valence-electron chi connectivity index (χ2n) is 7.90. The number of hydrogen-bond acceptors (Lipinski definition) is 6. The number of nitrogens with zero attached hydrogens (tertiary/aromatic N) is 5. The predicted molar refractivity (Wildman–Crippen MR) is 117 cm³/mol. The molecule has 3 aromatic rings. The van der Waals surface area contributed by atoms with Crippen LogP contribution in [0, 0.1) is 11.3 Å². The Balaban J connectivity index is 1.53. The monoisotopic (exact) mass is 439 g/mol. The number of benzene rings is 1. The molecule has 0 N–H and O–H groups in total. The van der Waals surface area contributed by atoms with Gasteiger partial charge in [0.05, 0.1) is 11.2 Å². The Morgan fingerprint density at radius 2 is 1.97 bits per heavy atom. The molecule has 1 aliphatic rings. The number of aromatic nitrogens is 2. The van der Waals surface area contributed by atoms with Gasteiger partial charge >= 0.3 is 6.61 Å². The second kappa shape index (κ2) is 8.93. The van der Waals surface area contributed by atoms with Gasteiger partial charge in [-0.3, -0.25) is 9.69 Å². The third-order valence-corrected chi connectivity index (χ3v) is 5.76. The molecule has 2 aromatic heterocycles. The van der Waals surface area contributed by atoms with E-state index >= 15 is 0 Å². The summed E-state index contributed by atoms with van der Waals surface area (Å²) in [6, 6.07) is 13.8. The highest BCUT2D eigenvalue weighted by atomic mass is 19.3. The van der Waals surface area contributed by atoms with Crippen LogP contribution >= 0.6 is 0 Å². The van der Waals surface area contributed by atoms with E-state index in [0.29, 0.717) is 29.8 Å². The van der Waals surface area contributed by atoms with Crippen molar-refractivity contribution in [1.29, 1.82) is 5.26 Å². The number of nitriles is 1. The van der Waals surface area contributed by atoms with Crippen LogP contribution in [0.3, 0.4) is 0 Å². The topological polar surface area (TPSA) is 74.4 Å². The lowest BCUT2D eigenvalue weighted by Gasteiger charge is -2.41. The fourth-order valence-corrected chi connectivity index (χ4v) is 4.16. The molecule has 0 aliphatic carbocycles. The van der Waals surface area contributed by atoms with E-state index in [4.69, 9.17) is 0 Å². The predicted octanol–water partition coefficient (Wildman–Crippen LogP) is 3.12. The molecule has 0 unspecified atom stereocenters. The van der Waals surface area contributed by atoms with E-state index in [1.54, 1.807) is 49.5 Å². The zero-order valence-electron chi connectivity index (χ0n) is 17.8. The first-order valence-electron chi connectivity index (χ1n) is 10.3. The minimum atomic E-state index is -2.83. The first-order chi connectivity index (χ1) is 15.4. The van der Waals surface area contributed by atoms with E-state index in [1.165, 1.54) is 4.57 Å². The Hall–Kier alpha value is -3.51. The molecule has 4 rings (SSSR count). The summed E-state index contributed by atoms with van der Waals surface area (Å²) in [6.45, 7) is 2.14. The summed E-state index contributed by atoms with van der Waals surface area (Å²) in [6.07, 6.45) is 0. The average molecular weight is 439 g/mol. The molecule has 1 fully saturated rings. The van der Waals surface area contributed by atoms with E-state index in [1.807, 2.05) is 0 Å². The van der Waals surface area contributed by atoms with Crippen LogP contribution in [0.2, 0.25) is 0 Å². The lowest BCUT2D eigenvalue weighted by atomic mass is 10.1. The molecular formula is C23H23F2N5O2. The van der Waals surface area contributed by atoms with Crippen LogP contribution in [0.4, 0.5) is 14.5 Å². The summed E-state index contributed by atoms with van der Waals surface area (Å²) in [5.41, 5.74) is 3.25. The van der Waals surface area contributed by atoms with Crippen molar-refractivity contribution in [3.63, 3.8) is 0 Å². The van der Waals surface area contributed by atoms with Crippen molar-refractivity contribution >= 4 is 16.7 Å². The van der Waals surface area contributed by atoms with Crippen LogP contribution in [0.25, 0.3) is 11.0 Å². The van der Waals surface area contributed by atoms with Crippen LogP contribution in [0.1, 0.15) is 18.2 Å². The van der Waals surface area contributed by atoms with Crippen LogP contribution < -0.4 is 15.2 Å². The number of ether oxygens (including phenoxy) is 1. The summed E-state index contributed by atoms with van der Waals surface area (Å²) >= 11 is 0. The number of piperazine rings is 1. The highest BCUT2D eigenvalue weighted by molar-refractivity contribution is 5.88. The van der Waals surface area contributed by atoms with E-state index in [-0.39, 0.29) is 17.4 Å². The summed E-state index contributed by atoms with van der Waals surface area (Å²) in [4.78, 5) is 21.5. The number of hydrogen-bond donors (Lipinski definition) is 0. The molecule has 3 heterocycles. The molecule has 166 valence electrons. The van der Waals surface area contributed by atoms with Crippen molar-refractivity contribution in [2.75, 3.05) is 24.5 Å². The SMILES string of the molecule is C[C@H]1CN(Cc2ccc(OC(F)F)cc2)CCN1c1cc(=O)n(C)c2ccc(C#N)nc12. The Morgan fingerprint density at radius 3 is 2.62 bits per heavy atom. The number of anilines is 1. The highest BCUT2D eigenvalue weighted by Gasteiger charge is 2.26. The Morgan fingerprint density at radius 1 is 1.22 bits per heavy atom. The molecule has 7 nitrogen and oxygen atoms in total. The summed E-state index contributed by atoms with van der Waals surface area (Å²) < 4.78 is 30.6. The van der Waals surface area contributed by atoms with Crippen LogP contribution in [0.5, 0.6) is 5.75 Å². The van der Waals surface area contributed by atoms with Gasteiger partial charge in [0.15, 0.2) is 0 Å². The second-order valence-corrected chi connectivity index (χ2v) is 7.90. The fraction of sp³-hybridized carbons (Fsp3) is 0.348. The minimum Gasteiger partial charge on any atom is -0.435 e. The summed E-state index contributed by atoms with van der Waals surface area (Å²) in [5.74, 6) is 0.142. The maximum absolute atomic E-state index is 12.5. The van der Waals surface area contributed by atoms with Gasteiger partial charge in [-0.2, -0.15) is 14.0 Å². The molecule has 1 saturated heterocycles. The zero-order valence-corrected chi connectivity index (χ0v) is 17.8. The van der Waals surface area contributed by atoms with E-state index < -0.39 is 6.61 Å². The van der Waals surface area contributed by atoms with Gasteiger partial charge in [-0.25, -0.2) is 4.98 Å². The minimum absolute atomic E-state index is 0.105. The normalized spacial score (nSPS) is 17.0. The quantitative estimate of drug-likeness (QED) is 0.608. The third-order valence-electron chi connectivity index (χ3n) is 5.76. The Bertz CT molecular complexity index is 1220. The largest absolute Gasteiger partial charge is 0.435 e. The molecule has 0 amide bonds. The lowest BCUT2D eigenvalue weighted by Crippen LogP contribution is -2.52. The van der Waals surface area contributed by atoms with Gasteiger partial charge in [-0.15, -0.1) is 0 Å². The van der Waals surface area contributed by atoms with Gasteiger partial charge in [0.25, 0.3) is 5.56 Å². The molecular weight excluding hydrogens is 416 g/mol. The van der Waals surface area contributed by atoms with E-state index in [2.05, 4.69) is 32.5 Å². The van der Waals surface area contributed by atoms with Crippen molar-refractivity contribution in [3.8, 4) is 11.8 Å². The number of aryl methyl sites for hydroxylation is 1. The van der Waals surface area contributed by atoms with Gasteiger partial charge in [-0.05, 0) is 36.8 Å². The number of alkyl halides is 2. The number of halogens is 2. The van der Waals surface area contributed by atoms with E-state index in [0.717, 1.165) is 24.3 Å². The van der Waals surface area contributed by atoms with Crippen molar-refractivity contribution in [2.24, 2.45) is 7.05 Å². The first-order valence-corrected chi connectivity index (χ1v) is 10.3. The fourth-order valence-electron chi connectivity index (χ4n) is 4.16. The van der Waals surface area contributed by atoms with Crippen LogP contribution in [-0.2, 0) is 13.6 Å². The van der Waals surface area contributed by atoms with Crippen molar-refractivity contribution in [3.05, 3.63) is 64.1 Å². The van der Waals surface area contributed by atoms with Gasteiger partial charge in [0.2, 0.25) is 0 Å². The molecule has 1 aromatic carbocycles. The molecule has 1 atom stereocenters. The molecule has 0 spiro atoms. The zero-order chi connectivity index (χ0) is 22.8. The van der Waals surface area contributed by atoms with E-state index in [9.17, 15) is 18.8 Å². The van der Waals surface area contributed by atoms with Crippen molar-refractivity contribution in [2.45, 2.75) is 26.1 Å².